The van der Waals surface area contributed by atoms with Gasteiger partial charge in [-0.2, -0.15) is 0 Å². The van der Waals surface area contributed by atoms with E-state index in [0.29, 0.717) is 17.5 Å². The van der Waals surface area contributed by atoms with Gasteiger partial charge in [-0.15, -0.1) is 0 Å². The molecule has 9 heteroatoms. The molecule has 12 aromatic carbocycles. The Morgan fingerprint density at radius 1 is 0.247 bits per heavy atom. The van der Waals surface area contributed by atoms with Crippen molar-refractivity contribution in [1.82, 2.24) is 38.2 Å². The minimum atomic E-state index is 0.594. The molecule has 6 aromatic heterocycles. The van der Waals surface area contributed by atoms with Crippen LogP contribution in [0.4, 0.5) is 0 Å². The van der Waals surface area contributed by atoms with E-state index in [9.17, 15) is 0 Å². The molecule has 0 amide bonds. The number of benzene rings is 12. The summed E-state index contributed by atoms with van der Waals surface area (Å²) in [5.74, 6) is 1.80. The van der Waals surface area contributed by atoms with Crippen LogP contribution < -0.4 is 0 Å². The number of hydrogen-bond acceptors (Lipinski definition) is 5. The van der Waals surface area contributed by atoms with Gasteiger partial charge in [0.05, 0.1) is 44.1 Å². The molecule has 0 aliphatic heterocycles. The molecular formula is C76H46N8O. The van der Waals surface area contributed by atoms with E-state index in [2.05, 4.69) is 272 Å². The van der Waals surface area contributed by atoms with Gasteiger partial charge in [0, 0.05) is 82.5 Å². The summed E-state index contributed by atoms with van der Waals surface area (Å²) in [6.45, 7) is 0. The van der Waals surface area contributed by atoms with Gasteiger partial charge in [-0.25, -0.2) is 19.9 Å². The zero-order valence-corrected chi connectivity index (χ0v) is 45.5. The van der Waals surface area contributed by atoms with Gasteiger partial charge >= 0.3 is 0 Å². The summed E-state index contributed by atoms with van der Waals surface area (Å²) < 4.78 is 15.2. The van der Waals surface area contributed by atoms with Gasteiger partial charge in [-0.3, -0.25) is 0 Å². The molecule has 0 unspecified atom stereocenters. The number of hydrogen-bond donors (Lipinski definition) is 0. The Morgan fingerprint density at radius 3 is 1.19 bits per heavy atom. The second-order valence-corrected chi connectivity index (χ2v) is 21.8. The van der Waals surface area contributed by atoms with E-state index in [0.717, 1.165) is 94.8 Å². The van der Waals surface area contributed by atoms with Gasteiger partial charge in [0.15, 0.2) is 29.4 Å². The second kappa shape index (κ2) is 18.4. The van der Waals surface area contributed by atoms with E-state index < -0.39 is 0 Å². The molecule has 0 bridgehead atoms. The largest absolute Gasteiger partial charge is 0.443 e. The van der Waals surface area contributed by atoms with Crippen LogP contribution in [-0.2, 0) is 0 Å². The van der Waals surface area contributed by atoms with Crippen molar-refractivity contribution in [3.05, 3.63) is 279 Å². The smallest absolute Gasteiger partial charge is 0.181 e. The molecule has 396 valence electrons. The standard InChI is InChI=1S/C76H46N8O/c1-4-17-47(18-5-1)74-78-75(48-31-34-54(35-32-48)82-62-29-14-11-26-57(62)71-65(82)39-38-64-70(71)56-25-10-13-28-61(56)81(64)52-21-6-2-7-22-52)80-76(79-74)51-20-16-19-49(43-51)50-33-37-59-68(44-50)83(53-23-8-3-9-24-53)66-40-41-67-72(73(59)66)58-27-12-15-30-63(58)84(67)55-36-42-69-60(45-55)77-46-85-69/h1-46H. The van der Waals surface area contributed by atoms with Crippen molar-refractivity contribution in [2.75, 3.05) is 0 Å². The highest BCUT2D eigenvalue weighted by Gasteiger charge is 2.24. The molecule has 0 atom stereocenters. The SMILES string of the molecule is c1ccc(-c2nc(-c3ccc(-n4c5ccccc5c5c6c7ccccc7n(-c7ccccc7)c6ccc54)cc3)nc(-c3cccc(-c4ccc5c6c7c8ccccc8n(-c8ccc9ocnc9c8)c7ccc6n(-c6ccccc6)c5c4)c3)n2)cc1. The molecule has 85 heavy (non-hydrogen) atoms. The zero-order chi connectivity index (χ0) is 55.7. The van der Waals surface area contributed by atoms with E-state index >= 15 is 0 Å². The predicted molar refractivity (Wildman–Crippen MR) is 346 cm³/mol. The second-order valence-electron chi connectivity index (χ2n) is 21.8. The number of fused-ring (bicyclic) bond motifs is 15. The topological polar surface area (TPSA) is 84.4 Å². The lowest BCUT2D eigenvalue weighted by Gasteiger charge is -2.12. The molecule has 18 aromatic rings. The van der Waals surface area contributed by atoms with Gasteiger partial charge < -0.3 is 22.7 Å². The van der Waals surface area contributed by atoms with Crippen LogP contribution in [0.2, 0.25) is 0 Å². The third-order valence-electron chi connectivity index (χ3n) is 17.1. The number of aromatic nitrogens is 8. The monoisotopic (exact) mass is 1090 g/mol. The number of para-hydroxylation sites is 5. The molecule has 0 saturated carbocycles. The van der Waals surface area contributed by atoms with Crippen molar-refractivity contribution in [1.29, 1.82) is 0 Å². The quantitative estimate of drug-likeness (QED) is 0.151. The molecule has 0 aliphatic rings. The molecule has 6 heterocycles. The maximum Gasteiger partial charge on any atom is 0.181 e. The summed E-state index contributed by atoms with van der Waals surface area (Å²) in [7, 11) is 0. The molecule has 9 nitrogen and oxygen atoms in total. The molecule has 0 fully saturated rings. The Hall–Kier alpha value is -11.7. The molecule has 0 spiro atoms. The Labute approximate surface area is 485 Å². The lowest BCUT2D eigenvalue weighted by molar-refractivity contribution is 0.602. The summed E-state index contributed by atoms with van der Waals surface area (Å²) >= 11 is 0. The first kappa shape index (κ1) is 47.0. The van der Waals surface area contributed by atoms with Crippen molar-refractivity contribution in [3.8, 4) is 68.0 Å². The van der Waals surface area contributed by atoms with Crippen LogP contribution in [0.15, 0.2) is 284 Å². The summed E-state index contributed by atoms with van der Waals surface area (Å²) in [6, 6.07) is 97.3. The fourth-order valence-corrected chi connectivity index (χ4v) is 13.5. The summed E-state index contributed by atoms with van der Waals surface area (Å²) in [4.78, 5) is 20.2. The van der Waals surface area contributed by atoms with E-state index in [1.165, 1.54) is 60.5 Å². The zero-order valence-electron chi connectivity index (χ0n) is 45.5. The van der Waals surface area contributed by atoms with Gasteiger partial charge in [0.2, 0.25) is 0 Å². The maximum absolute atomic E-state index is 5.65. The molecule has 18 rings (SSSR count). The number of nitrogens with zero attached hydrogens (tertiary/aromatic N) is 8. The Kier molecular flexibility index (Phi) is 10.2. The van der Waals surface area contributed by atoms with Crippen LogP contribution in [0.5, 0.6) is 0 Å². The molecule has 0 aliphatic carbocycles. The maximum atomic E-state index is 5.65. The third-order valence-corrected chi connectivity index (χ3v) is 17.1. The molecule has 0 radical (unpaired) electrons. The summed E-state index contributed by atoms with van der Waals surface area (Å²) in [5, 5.41) is 9.67. The molecular weight excluding hydrogens is 1040 g/mol. The summed E-state index contributed by atoms with van der Waals surface area (Å²) in [5.41, 5.74) is 19.9. The number of rotatable bonds is 8. The van der Waals surface area contributed by atoms with Crippen LogP contribution in [0, 0.1) is 0 Å². The van der Waals surface area contributed by atoms with Crippen molar-refractivity contribution >= 4 is 98.3 Å². The first-order valence-corrected chi connectivity index (χ1v) is 28.6. The minimum Gasteiger partial charge on any atom is -0.443 e. The highest BCUT2D eigenvalue weighted by molar-refractivity contribution is 6.30. The van der Waals surface area contributed by atoms with Crippen LogP contribution in [-0.4, -0.2) is 38.2 Å². The normalized spacial score (nSPS) is 12.0. The van der Waals surface area contributed by atoms with Crippen LogP contribution in [0.25, 0.3) is 166 Å². The van der Waals surface area contributed by atoms with Crippen molar-refractivity contribution in [2.45, 2.75) is 0 Å². The van der Waals surface area contributed by atoms with Crippen LogP contribution in [0.3, 0.4) is 0 Å². The van der Waals surface area contributed by atoms with E-state index in [4.69, 9.17) is 19.4 Å². The first-order valence-electron chi connectivity index (χ1n) is 28.6. The van der Waals surface area contributed by atoms with Gasteiger partial charge in [0.1, 0.15) is 5.52 Å². The Balaban J connectivity index is 0.763. The molecule has 0 saturated heterocycles. The number of oxazole rings is 1. The van der Waals surface area contributed by atoms with E-state index in [1.54, 1.807) is 0 Å². The minimum absolute atomic E-state index is 0.594. The fraction of sp³-hybridized carbons (Fsp3) is 0. The van der Waals surface area contributed by atoms with E-state index in [-0.39, 0.29) is 0 Å². The first-order chi connectivity index (χ1) is 42.2. The summed E-state index contributed by atoms with van der Waals surface area (Å²) in [6.07, 6.45) is 1.51. The average Bonchev–Trinajstić information content (AvgIpc) is 1.64. The highest BCUT2D eigenvalue weighted by Crippen LogP contribution is 2.45. The van der Waals surface area contributed by atoms with Crippen molar-refractivity contribution < 1.29 is 4.42 Å². The average molecular weight is 1090 g/mol. The van der Waals surface area contributed by atoms with Gasteiger partial charge in [0.25, 0.3) is 0 Å². The Bertz CT molecular complexity index is 5710. The lowest BCUT2D eigenvalue weighted by atomic mass is 10.00. The van der Waals surface area contributed by atoms with Gasteiger partial charge in [-0.05, 0) is 132 Å². The fourth-order valence-electron chi connectivity index (χ4n) is 13.5. The predicted octanol–water partition coefficient (Wildman–Crippen LogP) is 19.1. The van der Waals surface area contributed by atoms with Crippen LogP contribution >= 0.6 is 0 Å². The van der Waals surface area contributed by atoms with Gasteiger partial charge in [-0.1, -0.05) is 152 Å². The van der Waals surface area contributed by atoms with Crippen molar-refractivity contribution in [2.24, 2.45) is 0 Å². The van der Waals surface area contributed by atoms with Crippen LogP contribution in [0.1, 0.15) is 0 Å². The lowest BCUT2D eigenvalue weighted by Crippen LogP contribution is -2.00. The van der Waals surface area contributed by atoms with E-state index in [1.807, 2.05) is 24.3 Å². The van der Waals surface area contributed by atoms with Crippen molar-refractivity contribution in [3.63, 3.8) is 0 Å². The third kappa shape index (κ3) is 7.17. The highest BCUT2D eigenvalue weighted by atomic mass is 16.3. The molecule has 0 N–H and O–H groups in total. The Morgan fingerprint density at radius 2 is 0.635 bits per heavy atom.